The second kappa shape index (κ2) is 9.51. The molecule has 0 aliphatic rings. The third kappa shape index (κ3) is 6.02. The summed E-state index contributed by atoms with van der Waals surface area (Å²) in [6.45, 7) is 3.83. The van der Waals surface area contributed by atoms with Gasteiger partial charge in [-0.3, -0.25) is 0 Å². The van der Waals surface area contributed by atoms with E-state index in [1.807, 2.05) is 49.4 Å². The molecule has 23 heavy (non-hydrogen) atoms. The second-order valence-electron chi connectivity index (χ2n) is 5.21. The number of ether oxygens (including phenoxy) is 1. The van der Waals surface area contributed by atoms with Crippen molar-refractivity contribution in [2.75, 3.05) is 19.7 Å². The van der Waals surface area contributed by atoms with Crippen molar-refractivity contribution in [3.8, 4) is 5.75 Å². The summed E-state index contributed by atoms with van der Waals surface area (Å²) in [6, 6.07) is 17.9. The topological polar surface area (TPSA) is 50.4 Å². The van der Waals surface area contributed by atoms with Gasteiger partial charge in [0.25, 0.3) is 0 Å². The molecule has 4 heteroatoms. The Labute approximate surface area is 137 Å². The summed E-state index contributed by atoms with van der Waals surface area (Å²) < 4.78 is 5.58. The number of nitrogens with one attached hydrogen (secondary N) is 2. The molecule has 0 radical (unpaired) electrons. The van der Waals surface area contributed by atoms with E-state index < -0.39 is 0 Å². The number of rotatable bonds is 8. The van der Waals surface area contributed by atoms with Crippen LogP contribution in [0.1, 0.15) is 18.1 Å². The lowest BCUT2D eigenvalue weighted by Crippen LogP contribution is -2.37. The number of benzene rings is 2. The fourth-order valence-corrected chi connectivity index (χ4v) is 2.34. The van der Waals surface area contributed by atoms with Crippen LogP contribution < -0.4 is 15.4 Å². The molecular formula is C19H24N2O2. The fourth-order valence-electron chi connectivity index (χ4n) is 2.34. The van der Waals surface area contributed by atoms with Crippen LogP contribution in [0.4, 0.5) is 4.79 Å². The lowest BCUT2D eigenvalue weighted by Gasteiger charge is -2.11. The Bertz CT molecular complexity index is 599. The van der Waals surface area contributed by atoms with E-state index in [1.165, 1.54) is 5.56 Å². The Hall–Kier alpha value is -2.49. The summed E-state index contributed by atoms with van der Waals surface area (Å²) in [5, 5.41) is 5.76. The largest absolute Gasteiger partial charge is 0.494 e. The number of urea groups is 1. The normalized spacial score (nSPS) is 10.1. The van der Waals surface area contributed by atoms with Crippen molar-refractivity contribution >= 4 is 6.03 Å². The highest BCUT2D eigenvalue weighted by Gasteiger charge is 2.04. The maximum Gasteiger partial charge on any atom is 0.314 e. The minimum atomic E-state index is -0.130. The number of amides is 2. The molecule has 0 saturated carbocycles. The summed E-state index contributed by atoms with van der Waals surface area (Å²) in [6.07, 6.45) is 1.59. The first-order chi connectivity index (χ1) is 11.3. The summed E-state index contributed by atoms with van der Waals surface area (Å²) in [7, 11) is 0. The first-order valence-electron chi connectivity index (χ1n) is 8.06. The molecule has 4 nitrogen and oxygen atoms in total. The molecule has 2 rings (SSSR count). The maximum absolute atomic E-state index is 11.8. The minimum absolute atomic E-state index is 0.130. The van der Waals surface area contributed by atoms with Crippen LogP contribution in [0.25, 0.3) is 0 Å². The molecule has 0 saturated heterocycles. The Morgan fingerprint density at radius 3 is 2.30 bits per heavy atom. The van der Waals surface area contributed by atoms with Gasteiger partial charge in [-0.05, 0) is 37.0 Å². The van der Waals surface area contributed by atoms with E-state index in [1.54, 1.807) is 0 Å². The van der Waals surface area contributed by atoms with Crippen molar-refractivity contribution in [2.45, 2.75) is 19.8 Å². The summed E-state index contributed by atoms with van der Waals surface area (Å²) in [4.78, 5) is 11.8. The average molecular weight is 312 g/mol. The Morgan fingerprint density at radius 2 is 1.57 bits per heavy atom. The van der Waals surface area contributed by atoms with E-state index >= 15 is 0 Å². The van der Waals surface area contributed by atoms with Crippen LogP contribution in [-0.2, 0) is 12.8 Å². The zero-order chi connectivity index (χ0) is 16.3. The Morgan fingerprint density at radius 1 is 0.913 bits per heavy atom. The van der Waals surface area contributed by atoms with Crippen molar-refractivity contribution < 1.29 is 9.53 Å². The molecule has 0 fully saturated rings. The van der Waals surface area contributed by atoms with Gasteiger partial charge in [0.1, 0.15) is 5.75 Å². The van der Waals surface area contributed by atoms with Crippen LogP contribution in [0.15, 0.2) is 54.6 Å². The first kappa shape index (κ1) is 16.9. The molecule has 2 amide bonds. The minimum Gasteiger partial charge on any atom is -0.494 e. The van der Waals surface area contributed by atoms with E-state index in [0.717, 1.165) is 24.2 Å². The molecule has 0 spiro atoms. The first-order valence-corrected chi connectivity index (χ1v) is 8.06. The molecule has 2 aromatic carbocycles. The molecule has 0 aliphatic carbocycles. The van der Waals surface area contributed by atoms with E-state index in [9.17, 15) is 4.79 Å². The third-order valence-electron chi connectivity index (χ3n) is 3.49. The smallest absolute Gasteiger partial charge is 0.314 e. The quantitative estimate of drug-likeness (QED) is 0.786. The van der Waals surface area contributed by atoms with E-state index in [0.29, 0.717) is 19.7 Å². The molecule has 2 aromatic rings. The van der Waals surface area contributed by atoms with Gasteiger partial charge in [-0.1, -0.05) is 48.5 Å². The standard InChI is InChI=1S/C19H24N2O2/c1-2-23-18-11-7-6-10-17(18)13-15-21-19(22)20-14-12-16-8-4-3-5-9-16/h3-11H,2,12-15H2,1H3,(H2,20,21,22). The van der Waals surface area contributed by atoms with Crippen molar-refractivity contribution in [3.63, 3.8) is 0 Å². The van der Waals surface area contributed by atoms with Gasteiger partial charge in [0.05, 0.1) is 6.61 Å². The highest BCUT2D eigenvalue weighted by molar-refractivity contribution is 5.73. The monoisotopic (exact) mass is 312 g/mol. The van der Waals surface area contributed by atoms with Crippen LogP contribution in [0.5, 0.6) is 5.75 Å². The molecule has 0 unspecified atom stereocenters. The Balaban J connectivity index is 1.67. The van der Waals surface area contributed by atoms with Crippen LogP contribution in [-0.4, -0.2) is 25.7 Å². The van der Waals surface area contributed by atoms with Gasteiger partial charge in [-0.2, -0.15) is 0 Å². The van der Waals surface area contributed by atoms with Crippen LogP contribution in [0.2, 0.25) is 0 Å². The molecular weight excluding hydrogens is 288 g/mol. The van der Waals surface area contributed by atoms with E-state index in [4.69, 9.17) is 4.74 Å². The molecule has 122 valence electrons. The summed E-state index contributed by atoms with van der Waals surface area (Å²) in [5.74, 6) is 0.890. The number of carbonyl (C=O) groups is 1. The second-order valence-corrected chi connectivity index (χ2v) is 5.21. The molecule has 0 aliphatic heterocycles. The summed E-state index contributed by atoms with van der Waals surface area (Å²) >= 11 is 0. The van der Waals surface area contributed by atoms with Crippen LogP contribution in [0, 0.1) is 0 Å². The predicted molar refractivity (Wildman–Crippen MR) is 92.9 cm³/mol. The van der Waals surface area contributed by atoms with Crippen molar-refractivity contribution in [1.29, 1.82) is 0 Å². The third-order valence-corrected chi connectivity index (χ3v) is 3.49. The number of hydrogen-bond donors (Lipinski definition) is 2. The number of carbonyl (C=O) groups excluding carboxylic acids is 1. The molecule has 0 aromatic heterocycles. The molecule has 0 atom stereocenters. The van der Waals surface area contributed by atoms with Gasteiger partial charge >= 0.3 is 6.03 Å². The fraction of sp³-hybridized carbons (Fsp3) is 0.316. The highest BCUT2D eigenvalue weighted by Crippen LogP contribution is 2.17. The zero-order valence-electron chi connectivity index (χ0n) is 13.5. The van der Waals surface area contributed by atoms with Gasteiger partial charge in [-0.25, -0.2) is 4.79 Å². The van der Waals surface area contributed by atoms with Gasteiger partial charge in [0, 0.05) is 13.1 Å². The number of hydrogen-bond acceptors (Lipinski definition) is 2. The SMILES string of the molecule is CCOc1ccccc1CCNC(=O)NCCc1ccccc1. The van der Waals surface area contributed by atoms with E-state index in [2.05, 4.69) is 22.8 Å². The van der Waals surface area contributed by atoms with E-state index in [-0.39, 0.29) is 6.03 Å². The number of para-hydroxylation sites is 1. The van der Waals surface area contributed by atoms with Crippen molar-refractivity contribution in [1.82, 2.24) is 10.6 Å². The summed E-state index contributed by atoms with van der Waals surface area (Å²) in [5.41, 5.74) is 2.33. The lowest BCUT2D eigenvalue weighted by molar-refractivity contribution is 0.241. The van der Waals surface area contributed by atoms with Crippen LogP contribution in [0.3, 0.4) is 0 Å². The molecule has 0 heterocycles. The zero-order valence-corrected chi connectivity index (χ0v) is 13.5. The maximum atomic E-state index is 11.8. The van der Waals surface area contributed by atoms with Gasteiger partial charge in [0.2, 0.25) is 0 Å². The van der Waals surface area contributed by atoms with Gasteiger partial charge in [0.15, 0.2) is 0 Å². The van der Waals surface area contributed by atoms with Gasteiger partial charge < -0.3 is 15.4 Å². The highest BCUT2D eigenvalue weighted by atomic mass is 16.5. The lowest BCUT2D eigenvalue weighted by atomic mass is 10.1. The predicted octanol–water partition coefficient (Wildman–Crippen LogP) is 3.17. The Kier molecular flexibility index (Phi) is 6.98. The van der Waals surface area contributed by atoms with Crippen molar-refractivity contribution in [3.05, 3.63) is 65.7 Å². The van der Waals surface area contributed by atoms with Crippen molar-refractivity contribution in [2.24, 2.45) is 0 Å². The van der Waals surface area contributed by atoms with Gasteiger partial charge in [-0.15, -0.1) is 0 Å². The average Bonchev–Trinajstić information content (AvgIpc) is 2.58. The van der Waals surface area contributed by atoms with Crippen LogP contribution >= 0.6 is 0 Å². The molecule has 2 N–H and O–H groups in total. The molecule has 0 bridgehead atoms.